The molecule has 0 radical (unpaired) electrons. The Bertz CT molecular complexity index is 1200. The van der Waals surface area contributed by atoms with E-state index in [4.69, 9.17) is 57.5 Å². The van der Waals surface area contributed by atoms with Crippen molar-refractivity contribution in [2.45, 2.75) is 224 Å². The zero-order valence-corrected chi connectivity index (χ0v) is 62.0. The quantitative estimate of drug-likeness (QED) is 0.114. The van der Waals surface area contributed by atoms with Gasteiger partial charge in [-0.1, -0.05) is 165 Å². The number of Topliss-reactive ketones (excluding diaryl/α,β-unsaturated/α-hetero) is 6. The molecule has 0 aliphatic carbocycles. The molecular weight excluding hydrogens is 1130 g/mol. The third kappa shape index (κ3) is 331. The summed E-state index contributed by atoms with van der Waals surface area (Å²) < 4.78 is 0. The van der Waals surface area contributed by atoms with Gasteiger partial charge in [-0.3, -0.25) is 28.8 Å². The van der Waals surface area contributed by atoms with Crippen molar-refractivity contribution in [3.63, 3.8) is 0 Å². The molecule has 0 saturated carbocycles. The molecule has 0 N–H and O–H groups in total. The molecule has 0 bridgehead atoms. The summed E-state index contributed by atoms with van der Waals surface area (Å²) in [6, 6.07) is 0. The van der Waals surface area contributed by atoms with Crippen LogP contribution in [0.4, 0.5) is 0 Å². The molecule has 0 heterocycles. The molecule has 0 aliphatic heterocycles. The van der Waals surface area contributed by atoms with Gasteiger partial charge in [0.05, 0.1) is 0 Å². The molecule has 18 nitrogen and oxygen atoms in total. The molecule has 3 unspecified atom stereocenters. The monoisotopic (exact) mass is 1240 g/mol. The average molecular weight is 1240 g/mol. The SMILES string of the molecule is C.C.C.C=C.C=C.C=C.C=CCC(C)C(=O)CC.C=CCC(C)C(=O)CC.C=CCC(C)C(=O)CC.CC.CC.CC.CCC(=O)CC.CCC(=O)CC.CCC(=O)CC.O=C=O.O=C=O.O=C=O.O=C=O.O=C=O.O=C=O.[H-].[H-].[H-].[K+].[K+].[K+]. The van der Waals surface area contributed by atoms with Gasteiger partial charge in [-0.2, -0.15) is 57.5 Å². The van der Waals surface area contributed by atoms with Crippen LogP contribution in [0.3, 0.4) is 0 Å². The van der Waals surface area contributed by atoms with Crippen LogP contribution >= 0.6 is 0 Å². The molecule has 0 spiro atoms. The first-order chi connectivity index (χ1) is 35.6. The minimum absolute atomic E-state index is 0. The van der Waals surface area contributed by atoms with Crippen molar-refractivity contribution >= 4 is 71.6 Å². The van der Waals surface area contributed by atoms with Crippen molar-refractivity contribution in [3.8, 4) is 0 Å². The number of hydrogen-bond acceptors (Lipinski definition) is 18. The topological polar surface area (TPSA) is 307 Å². The molecular formula is C60H117K3O18. The fraction of sp³-hybridized carbons (Fsp3) is 0.600. The van der Waals surface area contributed by atoms with E-state index >= 15 is 0 Å². The molecule has 0 rings (SSSR count). The van der Waals surface area contributed by atoms with Crippen molar-refractivity contribution in [1.29, 1.82) is 0 Å². The third-order valence-corrected chi connectivity index (χ3v) is 6.62. The molecule has 21 heteroatoms. The number of carbonyl (C=O) groups excluding carboxylic acids is 18. The van der Waals surface area contributed by atoms with Gasteiger partial charge >= 0.3 is 191 Å². The van der Waals surface area contributed by atoms with E-state index < -0.39 is 0 Å². The minimum atomic E-state index is 0. The molecule has 0 aromatic rings. The second-order valence-electron chi connectivity index (χ2n) is 11.0. The minimum Gasteiger partial charge on any atom is -1.00 e. The molecule has 0 aromatic carbocycles. The van der Waals surface area contributed by atoms with Crippen LogP contribution in [0.25, 0.3) is 0 Å². The second kappa shape index (κ2) is 219. The summed E-state index contributed by atoms with van der Waals surface area (Å²) in [5.41, 5.74) is 0. The Kier molecular flexibility index (Phi) is 429. The standard InChI is InChI=1S/3C8H14O.3C5H10O.3C2H6.3C2H4.6CO2.3CH4.3K.3H/c3*1-4-6-7(3)8(9)5-2;3*1-3-5(6)4-2;6*1-2;6*2-1-3;;;;;;;;;/h3*4,7H,1,5-6H2,2-3H3;3*3-4H2,1-2H3;3*1-2H3;3*1-2H2;;;;;;;3*1H4;;;;;;/q;;;;;;;;;;;;;;;;;;;;;3*+1;3*-1. The van der Waals surface area contributed by atoms with Crippen LogP contribution in [-0.4, -0.2) is 71.6 Å². The second-order valence-corrected chi connectivity index (χ2v) is 11.0. The van der Waals surface area contributed by atoms with Crippen LogP contribution in [0.5, 0.6) is 0 Å². The smallest absolute Gasteiger partial charge is 1.00 e. The van der Waals surface area contributed by atoms with Crippen molar-refractivity contribution in [2.24, 2.45) is 17.8 Å². The molecule has 0 saturated heterocycles. The Balaban J connectivity index is -0.0000000167. The summed E-state index contributed by atoms with van der Waals surface area (Å²) in [5.74, 6) is 2.53. The Morgan fingerprint density at radius 2 is 0.395 bits per heavy atom. The summed E-state index contributed by atoms with van der Waals surface area (Å²) in [7, 11) is 0. The Morgan fingerprint density at radius 1 is 0.309 bits per heavy atom. The van der Waals surface area contributed by atoms with Gasteiger partial charge in [0.15, 0.2) is 0 Å². The number of carbonyl (C=O) groups is 6. The molecule has 468 valence electrons. The summed E-state index contributed by atoms with van der Waals surface area (Å²) in [4.78, 5) is 161. The van der Waals surface area contributed by atoms with Gasteiger partial charge in [-0.15, -0.1) is 59.2 Å². The first-order valence-electron chi connectivity index (χ1n) is 24.0. The predicted molar refractivity (Wildman–Crippen MR) is 316 cm³/mol. The number of ketones is 6. The van der Waals surface area contributed by atoms with E-state index in [1.807, 2.05) is 125 Å². The van der Waals surface area contributed by atoms with Crippen LogP contribution in [0.1, 0.15) is 228 Å². The zero-order chi connectivity index (χ0) is 65.0. The van der Waals surface area contributed by atoms with Crippen molar-refractivity contribution in [2.75, 3.05) is 0 Å². The van der Waals surface area contributed by atoms with E-state index in [0.717, 1.165) is 19.3 Å². The molecule has 3 atom stereocenters. The summed E-state index contributed by atoms with van der Waals surface area (Å²) in [6.45, 7) is 63.5. The van der Waals surface area contributed by atoms with Gasteiger partial charge in [-0.05, 0) is 19.3 Å². The maximum Gasteiger partial charge on any atom is 1.00 e. The van der Waals surface area contributed by atoms with Crippen LogP contribution in [0.15, 0.2) is 77.4 Å². The molecule has 0 aromatic heterocycles. The van der Waals surface area contributed by atoms with Crippen LogP contribution in [-0.2, 0) is 86.3 Å². The van der Waals surface area contributed by atoms with Crippen molar-refractivity contribution in [3.05, 3.63) is 77.4 Å². The predicted octanol–water partition coefficient (Wildman–Crippen LogP) is 5.90. The summed E-state index contributed by atoms with van der Waals surface area (Å²) in [5, 5.41) is 0. The van der Waals surface area contributed by atoms with Gasteiger partial charge < -0.3 is 4.28 Å². The van der Waals surface area contributed by atoms with Crippen molar-refractivity contribution in [1.82, 2.24) is 0 Å². The van der Waals surface area contributed by atoms with Crippen LogP contribution < -0.4 is 154 Å². The Hall–Kier alpha value is -2.35. The Labute approximate surface area is 626 Å². The number of rotatable bonds is 18. The van der Waals surface area contributed by atoms with Gasteiger partial charge in [0.1, 0.15) is 34.7 Å². The normalized spacial score (nSPS) is 7.04. The van der Waals surface area contributed by atoms with Gasteiger partial charge in [0.25, 0.3) is 0 Å². The van der Waals surface area contributed by atoms with Crippen molar-refractivity contribution < 1.29 is 245 Å². The van der Waals surface area contributed by atoms with Crippen LogP contribution in [0.2, 0.25) is 0 Å². The Morgan fingerprint density at radius 3 is 0.432 bits per heavy atom. The molecule has 0 fully saturated rings. The van der Waals surface area contributed by atoms with E-state index in [9.17, 15) is 28.8 Å². The average Bonchev–Trinajstić information content (AvgIpc) is 3.45. The fourth-order valence-electron chi connectivity index (χ4n) is 2.94. The van der Waals surface area contributed by atoms with E-state index in [1.54, 1.807) is 18.2 Å². The number of hydrogen-bond donors (Lipinski definition) is 0. The van der Waals surface area contributed by atoms with Gasteiger partial charge in [0.2, 0.25) is 0 Å². The summed E-state index contributed by atoms with van der Waals surface area (Å²) >= 11 is 0. The first kappa shape index (κ1) is 159. The van der Waals surface area contributed by atoms with E-state index in [1.165, 1.54) is 0 Å². The van der Waals surface area contributed by atoms with E-state index in [-0.39, 0.29) is 235 Å². The molecule has 0 amide bonds. The largest absolute Gasteiger partial charge is 1.00 e. The maximum atomic E-state index is 10.9. The first-order valence-corrected chi connectivity index (χ1v) is 24.0. The molecule has 0 aliphatic rings. The van der Waals surface area contributed by atoms with Gasteiger partial charge in [-0.25, -0.2) is 0 Å². The third-order valence-electron chi connectivity index (χ3n) is 6.62. The number of allylic oxidation sites excluding steroid dienone is 3. The molecule has 81 heavy (non-hydrogen) atoms. The maximum absolute atomic E-state index is 10.9. The van der Waals surface area contributed by atoms with E-state index in [0.29, 0.717) is 92.5 Å². The van der Waals surface area contributed by atoms with Crippen LogP contribution in [0, 0.1) is 17.8 Å². The summed E-state index contributed by atoms with van der Waals surface area (Å²) in [6.07, 6.45) is 15.4. The fourth-order valence-corrected chi connectivity index (χ4v) is 2.94. The zero-order valence-electron chi connectivity index (χ0n) is 55.7. The van der Waals surface area contributed by atoms with E-state index in [2.05, 4.69) is 59.2 Å². The van der Waals surface area contributed by atoms with Gasteiger partial charge in [0, 0.05) is 75.5 Å².